The molecule has 0 saturated heterocycles. The molecular formula is C21H19F2N3O2. The first-order valence-electron chi connectivity index (χ1n) is 8.92. The summed E-state index contributed by atoms with van der Waals surface area (Å²) in [6.07, 6.45) is 3.53. The number of ether oxygens (including phenoxy) is 1. The Bertz CT molecular complexity index is 1030. The van der Waals surface area contributed by atoms with Crippen LogP contribution in [0.4, 0.5) is 8.78 Å². The number of alkyl halides is 1. The normalized spacial score (nSPS) is 25.1. The van der Waals surface area contributed by atoms with Gasteiger partial charge in [0, 0.05) is 35.0 Å². The van der Waals surface area contributed by atoms with E-state index in [1.54, 1.807) is 25.4 Å². The number of aliphatic hydroxyl groups is 1. The molecule has 1 aromatic heterocycles. The topological polar surface area (TPSA) is 80.7 Å². The van der Waals surface area contributed by atoms with E-state index >= 15 is 4.39 Å². The van der Waals surface area contributed by atoms with E-state index in [0.29, 0.717) is 28.7 Å². The summed E-state index contributed by atoms with van der Waals surface area (Å²) in [5.41, 5.74) is 6.66. The second-order valence-corrected chi connectivity index (χ2v) is 6.99. The fraction of sp³-hybridized carbons (Fsp3) is 0.333. The first kappa shape index (κ1) is 18.4. The van der Waals surface area contributed by atoms with E-state index in [9.17, 15) is 9.50 Å². The number of rotatable bonds is 4. The number of amidine groups is 1. The van der Waals surface area contributed by atoms with E-state index in [1.807, 2.05) is 0 Å². The van der Waals surface area contributed by atoms with Gasteiger partial charge in [0.1, 0.15) is 24.1 Å². The summed E-state index contributed by atoms with van der Waals surface area (Å²) >= 11 is 0. The highest BCUT2D eigenvalue weighted by atomic mass is 19.1. The Kier molecular flexibility index (Phi) is 4.52. The monoisotopic (exact) mass is 383 g/mol. The van der Waals surface area contributed by atoms with Crippen molar-refractivity contribution in [3.8, 4) is 23.0 Å². The molecule has 2 heterocycles. The van der Waals surface area contributed by atoms with Crippen LogP contribution in [0.15, 0.2) is 35.6 Å². The Morgan fingerprint density at radius 2 is 2.18 bits per heavy atom. The molecule has 1 fully saturated rings. The number of hydrogen-bond acceptors (Lipinski definition) is 5. The number of aliphatic hydroxyl groups excluding tert-OH is 1. The Hall–Kier alpha value is -2.98. The quantitative estimate of drug-likeness (QED) is 0.796. The van der Waals surface area contributed by atoms with Crippen LogP contribution in [0.3, 0.4) is 0 Å². The smallest absolute Gasteiger partial charge is 0.283 e. The van der Waals surface area contributed by atoms with Crippen molar-refractivity contribution in [3.63, 3.8) is 0 Å². The Morgan fingerprint density at radius 1 is 1.36 bits per heavy atom. The van der Waals surface area contributed by atoms with Crippen molar-refractivity contribution < 1.29 is 18.6 Å². The van der Waals surface area contributed by atoms with E-state index in [1.165, 1.54) is 12.1 Å². The number of halogens is 2. The van der Waals surface area contributed by atoms with Gasteiger partial charge < -0.3 is 15.6 Å². The molecule has 2 aromatic rings. The van der Waals surface area contributed by atoms with Crippen molar-refractivity contribution >= 4 is 6.02 Å². The van der Waals surface area contributed by atoms with Gasteiger partial charge in [-0.3, -0.25) is 4.98 Å². The average molecular weight is 383 g/mol. The lowest BCUT2D eigenvalue weighted by Crippen LogP contribution is -2.39. The van der Waals surface area contributed by atoms with Crippen LogP contribution in [0.2, 0.25) is 0 Å². The zero-order chi connectivity index (χ0) is 19.9. The van der Waals surface area contributed by atoms with Crippen molar-refractivity contribution in [1.82, 2.24) is 4.98 Å². The summed E-state index contributed by atoms with van der Waals surface area (Å²) in [6, 6.07) is 4.42. The van der Waals surface area contributed by atoms with Crippen LogP contribution in [0.5, 0.6) is 0 Å². The van der Waals surface area contributed by atoms with Gasteiger partial charge in [-0.1, -0.05) is 5.92 Å². The Morgan fingerprint density at radius 3 is 2.89 bits per heavy atom. The molecule has 4 rings (SSSR count). The fourth-order valence-corrected chi connectivity index (χ4v) is 3.87. The van der Waals surface area contributed by atoms with E-state index in [0.717, 1.165) is 0 Å². The maximum absolute atomic E-state index is 15.0. The fourth-order valence-electron chi connectivity index (χ4n) is 3.87. The molecule has 144 valence electrons. The second kappa shape index (κ2) is 6.88. The second-order valence-electron chi connectivity index (χ2n) is 6.99. The number of fused-ring (bicyclic) bond motifs is 1. The van der Waals surface area contributed by atoms with Gasteiger partial charge in [-0.25, -0.2) is 13.8 Å². The molecule has 7 heteroatoms. The first-order chi connectivity index (χ1) is 13.5. The highest BCUT2D eigenvalue weighted by Gasteiger charge is 2.60. The maximum atomic E-state index is 15.0. The van der Waals surface area contributed by atoms with Crippen molar-refractivity contribution in [2.24, 2.45) is 16.6 Å². The largest absolute Gasteiger partial charge is 0.462 e. The number of benzene rings is 1. The molecule has 3 N–H and O–H groups in total. The lowest BCUT2D eigenvalue weighted by Gasteiger charge is -2.32. The summed E-state index contributed by atoms with van der Waals surface area (Å²) < 4.78 is 34.6. The van der Waals surface area contributed by atoms with Crippen LogP contribution in [0.1, 0.15) is 30.0 Å². The highest BCUT2D eigenvalue weighted by Crippen LogP contribution is 2.54. The SMILES string of the molecule is CC#Cc1cncc(-c2cc([C@@]3(CF)N=C(N)O[C@@H]4CC43)c(F)cc2CO)c1. The zero-order valence-electron chi connectivity index (χ0n) is 15.2. The minimum absolute atomic E-state index is 0.105. The van der Waals surface area contributed by atoms with E-state index in [4.69, 9.17) is 10.5 Å². The minimum atomic E-state index is -1.42. The molecule has 2 aliphatic rings. The molecular weight excluding hydrogens is 364 g/mol. The Balaban J connectivity index is 1.91. The van der Waals surface area contributed by atoms with Crippen LogP contribution in [-0.4, -0.2) is 28.9 Å². The van der Waals surface area contributed by atoms with Crippen molar-refractivity contribution in [1.29, 1.82) is 0 Å². The number of aliphatic imine (C=N–C) groups is 1. The van der Waals surface area contributed by atoms with Crippen molar-refractivity contribution in [3.05, 3.63) is 53.1 Å². The van der Waals surface area contributed by atoms with Crippen LogP contribution in [-0.2, 0) is 16.9 Å². The third kappa shape index (κ3) is 2.90. The molecule has 0 spiro atoms. The molecule has 1 aliphatic heterocycles. The number of aromatic nitrogens is 1. The first-order valence-corrected chi connectivity index (χ1v) is 8.92. The van der Waals surface area contributed by atoms with Gasteiger partial charge in [-0.05, 0) is 42.7 Å². The van der Waals surface area contributed by atoms with Gasteiger partial charge in [0.15, 0.2) is 0 Å². The van der Waals surface area contributed by atoms with Crippen LogP contribution < -0.4 is 5.73 Å². The van der Waals surface area contributed by atoms with Gasteiger partial charge in [0.05, 0.1) is 6.61 Å². The van der Waals surface area contributed by atoms with Gasteiger partial charge in [0.2, 0.25) is 0 Å². The minimum Gasteiger partial charge on any atom is -0.462 e. The number of nitrogens with two attached hydrogens (primary N) is 1. The van der Waals surface area contributed by atoms with E-state index in [-0.39, 0.29) is 30.2 Å². The predicted octanol–water partition coefficient (Wildman–Crippen LogP) is 2.65. The number of pyridine rings is 1. The zero-order valence-corrected chi connectivity index (χ0v) is 15.2. The lowest BCUT2D eigenvalue weighted by molar-refractivity contribution is 0.168. The third-order valence-corrected chi connectivity index (χ3v) is 5.28. The molecule has 3 atom stereocenters. The molecule has 1 saturated carbocycles. The standard InChI is InChI=1S/C21H19F2N3O2/c1-2-3-12-4-13(9-25-8-12)15-6-16(18(23)5-14(15)10-27)21(11-22)17-7-19(17)28-20(24)26-21/h4-6,8-9,17,19,27H,7,10-11H2,1H3,(H2,24,26)/t17?,19-,21-/m1/s1. The van der Waals surface area contributed by atoms with Gasteiger partial charge in [-0.15, -0.1) is 5.92 Å². The molecule has 0 radical (unpaired) electrons. The molecule has 28 heavy (non-hydrogen) atoms. The maximum Gasteiger partial charge on any atom is 0.283 e. The molecule has 1 aromatic carbocycles. The summed E-state index contributed by atoms with van der Waals surface area (Å²) in [5.74, 6) is 4.81. The average Bonchev–Trinajstić information content (AvgIpc) is 3.47. The van der Waals surface area contributed by atoms with Gasteiger partial charge in [-0.2, -0.15) is 0 Å². The summed E-state index contributed by atoms with van der Waals surface area (Å²) in [7, 11) is 0. The highest BCUT2D eigenvalue weighted by molar-refractivity contribution is 5.75. The van der Waals surface area contributed by atoms with Crippen LogP contribution >= 0.6 is 0 Å². The van der Waals surface area contributed by atoms with E-state index < -0.39 is 18.0 Å². The molecule has 1 aliphatic carbocycles. The number of hydrogen-bond donors (Lipinski definition) is 2. The molecule has 1 unspecified atom stereocenters. The number of nitrogens with zero attached hydrogens (tertiary/aromatic N) is 2. The third-order valence-electron chi connectivity index (χ3n) is 5.28. The predicted molar refractivity (Wildman–Crippen MR) is 100 cm³/mol. The van der Waals surface area contributed by atoms with E-state index in [2.05, 4.69) is 21.8 Å². The van der Waals surface area contributed by atoms with Gasteiger partial charge >= 0.3 is 0 Å². The Labute approximate surface area is 161 Å². The molecule has 0 bridgehead atoms. The molecule has 5 nitrogen and oxygen atoms in total. The van der Waals surface area contributed by atoms with Crippen LogP contribution in [0.25, 0.3) is 11.1 Å². The lowest BCUT2D eigenvalue weighted by atomic mass is 9.83. The van der Waals surface area contributed by atoms with Crippen molar-refractivity contribution in [2.75, 3.05) is 6.67 Å². The molecule has 0 amide bonds. The summed E-state index contributed by atoms with van der Waals surface area (Å²) in [4.78, 5) is 8.35. The summed E-state index contributed by atoms with van der Waals surface area (Å²) in [6.45, 7) is 0.443. The van der Waals surface area contributed by atoms with Gasteiger partial charge in [0.25, 0.3) is 6.02 Å². The van der Waals surface area contributed by atoms with Crippen molar-refractivity contribution in [2.45, 2.75) is 31.6 Å². The van der Waals surface area contributed by atoms with Crippen LogP contribution in [0, 0.1) is 23.6 Å². The summed E-state index contributed by atoms with van der Waals surface area (Å²) in [5, 5.41) is 9.75.